The summed E-state index contributed by atoms with van der Waals surface area (Å²) in [6, 6.07) is 5.88. The number of hydrogen-bond donors (Lipinski definition) is 1. The first kappa shape index (κ1) is 15.1. The van der Waals surface area contributed by atoms with Gasteiger partial charge in [-0.05, 0) is 56.3 Å². The van der Waals surface area contributed by atoms with Crippen LogP contribution in [0, 0.1) is 0 Å². The largest absolute Gasteiger partial charge is 0.492 e. The van der Waals surface area contributed by atoms with Gasteiger partial charge in [-0.3, -0.25) is 0 Å². The minimum absolute atomic E-state index is 0.639. The first-order valence-electron chi connectivity index (χ1n) is 6.50. The third-order valence-corrected chi connectivity index (χ3v) is 3.03. The Morgan fingerprint density at radius 2 is 2.11 bits per heavy atom. The molecule has 0 aromatic heterocycles. The number of allylic oxidation sites excluding steroid dienone is 1. The fourth-order valence-electron chi connectivity index (χ4n) is 1.73. The van der Waals surface area contributed by atoms with Crippen molar-refractivity contribution < 1.29 is 4.74 Å². The van der Waals surface area contributed by atoms with Crippen LogP contribution in [0.1, 0.15) is 31.2 Å². The Labute approximate surface area is 115 Å². The second-order valence-corrected chi connectivity index (χ2v) is 4.70. The van der Waals surface area contributed by atoms with Crippen molar-refractivity contribution in [1.82, 2.24) is 0 Å². The molecule has 0 atom stereocenters. The molecule has 1 aromatic carbocycles. The molecule has 2 nitrogen and oxygen atoms in total. The van der Waals surface area contributed by atoms with Crippen LogP contribution in [0.3, 0.4) is 0 Å². The molecule has 0 spiro atoms. The van der Waals surface area contributed by atoms with Crippen LogP contribution in [0.4, 0.5) is 0 Å². The Bertz CT molecular complexity index is 366. The molecular weight excluding hydrogens is 246 g/mol. The van der Waals surface area contributed by atoms with Crippen LogP contribution in [0.25, 0.3) is 0 Å². The maximum absolute atomic E-state index is 6.15. The molecule has 2 N–H and O–H groups in total. The standard InChI is InChI=1S/C15H22ClNO/c1-2-3-4-5-6-11-18-15-8-7-13(9-10-17)12-14(15)16/h2,7-8,12H,1,3-6,9-11,17H2. The van der Waals surface area contributed by atoms with Gasteiger partial charge < -0.3 is 10.5 Å². The molecule has 0 unspecified atom stereocenters. The van der Waals surface area contributed by atoms with Gasteiger partial charge in [-0.15, -0.1) is 6.58 Å². The summed E-state index contributed by atoms with van der Waals surface area (Å²) in [5, 5.41) is 0.673. The maximum atomic E-state index is 6.15. The zero-order valence-electron chi connectivity index (χ0n) is 10.8. The van der Waals surface area contributed by atoms with Crippen molar-refractivity contribution in [1.29, 1.82) is 0 Å². The molecule has 0 aliphatic rings. The Hall–Kier alpha value is -0.990. The van der Waals surface area contributed by atoms with E-state index in [4.69, 9.17) is 22.1 Å². The molecule has 0 saturated carbocycles. The lowest BCUT2D eigenvalue weighted by Crippen LogP contribution is -2.03. The summed E-state index contributed by atoms with van der Waals surface area (Å²) < 4.78 is 5.66. The van der Waals surface area contributed by atoms with E-state index < -0.39 is 0 Å². The number of rotatable bonds is 9. The lowest BCUT2D eigenvalue weighted by atomic mass is 10.1. The zero-order chi connectivity index (χ0) is 13.2. The van der Waals surface area contributed by atoms with Gasteiger partial charge in [0.1, 0.15) is 5.75 Å². The van der Waals surface area contributed by atoms with Gasteiger partial charge in [0.05, 0.1) is 11.6 Å². The molecule has 18 heavy (non-hydrogen) atoms. The molecule has 3 heteroatoms. The summed E-state index contributed by atoms with van der Waals surface area (Å²) in [6.07, 6.45) is 7.27. The van der Waals surface area contributed by atoms with Gasteiger partial charge in [-0.1, -0.05) is 23.7 Å². The summed E-state index contributed by atoms with van der Waals surface area (Å²) >= 11 is 6.15. The SMILES string of the molecule is C=CCCCCCOc1ccc(CCN)cc1Cl. The van der Waals surface area contributed by atoms with Crippen molar-refractivity contribution in [3.05, 3.63) is 41.4 Å². The number of benzene rings is 1. The van der Waals surface area contributed by atoms with Crippen LogP contribution in [-0.4, -0.2) is 13.2 Å². The van der Waals surface area contributed by atoms with Gasteiger partial charge in [0.15, 0.2) is 0 Å². The molecule has 1 rings (SSSR count). The number of nitrogens with two attached hydrogens (primary N) is 1. The Morgan fingerprint density at radius 1 is 1.28 bits per heavy atom. The second-order valence-electron chi connectivity index (χ2n) is 4.29. The van der Waals surface area contributed by atoms with E-state index in [1.165, 1.54) is 6.42 Å². The van der Waals surface area contributed by atoms with Gasteiger partial charge in [-0.2, -0.15) is 0 Å². The normalized spacial score (nSPS) is 10.3. The fourth-order valence-corrected chi connectivity index (χ4v) is 1.99. The van der Waals surface area contributed by atoms with E-state index in [2.05, 4.69) is 6.58 Å². The number of hydrogen-bond acceptors (Lipinski definition) is 2. The van der Waals surface area contributed by atoms with Crippen LogP contribution in [0.5, 0.6) is 5.75 Å². The summed E-state index contributed by atoms with van der Waals surface area (Å²) in [5.41, 5.74) is 6.66. The summed E-state index contributed by atoms with van der Waals surface area (Å²) in [5.74, 6) is 0.765. The number of ether oxygens (including phenoxy) is 1. The van der Waals surface area contributed by atoms with Gasteiger partial charge in [-0.25, -0.2) is 0 Å². The van der Waals surface area contributed by atoms with E-state index in [-0.39, 0.29) is 0 Å². The molecule has 0 amide bonds. The molecule has 0 bridgehead atoms. The van der Waals surface area contributed by atoms with Crippen molar-refractivity contribution in [3.63, 3.8) is 0 Å². The molecule has 1 aromatic rings. The molecule has 0 aliphatic carbocycles. The summed E-state index contributed by atoms with van der Waals surface area (Å²) in [6.45, 7) is 5.06. The van der Waals surface area contributed by atoms with Gasteiger partial charge in [0, 0.05) is 0 Å². The van der Waals surface area contributed by atoms with E-state index in [1.54, 1.807) is 0 Å². The minimum atomic E-state index is 0.639. The number of halogens is 1. The van der Waals surface area contributed by atoms with E-state index >= 15 is 0 Å². The van der Waals surface area contributed by atoms with Gasteiger partial charge in [0.25, 0.3) is 0 Å². The predicted molar refractivity (Wildman–Crippen MR) is 78.4 cm³/mol. The smallest absolute Gasteiger partial charge is 0.137 e. The Balaban J connectivity index is 2.31. The quantitative estimate of drug-likeness (QED) is 0.543. The first-order valence-corrected chi connectivity index (χ1v) is 6.88. The predicted octanol–water partition coefficient (Wildman–Crippen LogP) is 3.97. The molecule has 0 radical (unpaired) electrons. The van der Waals surface area contributed by atoms with Crippen molar-refractivity contribution in [2.75, 3.05) is 13.2 Å². The Kier molecular flexibility index (Phi) is 7.54. The average molecular weight is 268 g/mol. The highest BCUT2D eigenvalue weighted by atomic mass is 35.5. The van der Waals surface area contributed by atoms with Crippen LogP contribution < -0.4 is 10.5 Å². The molecule has 100 valence electrons. The van der Waals surface area contributed by atoms with Crippen molar-refractivity contribution in [2.45, 2.75) is 32.1 Å². The molecular formula is C15H22ClNO. The summed E-state index contributed by atoms with van der Waals surface area (Å²) in [4.78, 5) is 0. The minimum Gasteiger partial charge on any atom is -0.492 e. The third kappa shape index (κ3) is 5.56. The second kappa shape index (κ2) is 9.01. The third-order valence-electron chi connectivity index (χ3n) is 2.74. The van der Waals surface area contributed by atoms with Crippen molar-refractivity contribution >= 4 is 11.6 Å². The van der Waals surface area contributed by atoms with E-state index in [9.17, 15) is 0 Å². The van der Waals surface area contributed by atoms with Gasteiger partial charge in [0.2, 0.25) is 0 Å². The fraction of sp³-hybridized carbons (Fsp3) is 0.467. The zero-order valence-corrected chi connectivity index (χ0v) is 11.6. The summed E-state index contributed by atoms with van der Waals surface area (Å²) in [7, 11) is 0. The van der Waals surface area contributed by atoms with E-state index in [1.807, 2.05) is 24.3 Å². The number of unbranched alkanes of at least 4 members (excludes halogenated alkanes) is 3. The van der Waals surface area contributed by atoms with E-state index in [0.29, 0.717) is 18.2 Å². The lowest BCUT2D eigenvalue weighted by molar-refractivity contribution is 0.305. The van der Waals surface area contributed by atoms with Crippen LogP contribution in [-0.2, 0) is 6.42 Å². The van der Waals surface area contributed by atoms with Crippen LogP contribution >= 0.6 is 11.6 Å². The lowest BCUT2D eigenvalue weighted by Gasteiger charge is -2.09. The monoisotopic (exact) mass is 267 g/mol. The molecule has 0 fully saturated rings. The molecule has 0 saturated heterocycles. The first-order chi connectivity index (χ1) is 8.77. The van der Waals surface area contributed by atoms with Crippen LogP contribution in [0.15, 0.2) is 30.9 Å². The molecule has 0 aliphatic heterocycles. The van der Waals surface area contributed by atoms with Crippen LogP contribution in [0.2, 0.25) is 5.02 Å². The van der Waals surface area contributed by atoms with Crippen molar-refractivity contribution in [3.8, 4) is 5.75 Å². The van der Waals surface area contributed by atoms with Gasteiger partial charge >= 0.3 is 0 Å². The average Bonchev–Trinajstić information content (AvgIpc) is 2.36. The topological polar surface area (TPSA) is 35.2 Å². The van der Waals surface area contributed by atoms with E-state index in [0.717, 1.165) is 37.0 Å². The Morgan fingerprint density at radius 3 is 2.78 bits per heavy atom. The highest BCUT2D eigenvalue weighted by Crippen LogP contribution is 2.25. The van der Waals surface area contributed by atoms with Crippen molar-refractivity contribution in [2.24, 2.45) is 5.73 Å². The maximum Gasteiger partial charge on any atom is 0.137 e. The highest BCUT2D eigenvalue weighted by Gasteiger charge is 2.02. The molecule has 0 heterocycles. The highest BCUT2D eigenvalue weighted by molar-refractivity contribution is 6.32.